The van der Waals surface area contributed by atoms with E-state index in [1.165, 1.54) is 5.33 Å². The van der Waals surface area contributed by atoms with Gasteiger partial charge in [-0.3, -0.25) is 0 Å². The van der Waals surface area contributed by atoms with Crippen LogP contribution in [0.3, 0.4) is 0 Å². The molecule has 0 radical (unpaired) electrons. The molecule has 0 amide bonds. The van der Waals surface area contributed by atoms with E-state index in [1.807, 2.05) is 0 Å². The summed E-state index contributed by atoms with van der Waals surface area (Å²) in [5, 5.41) is 1.20. The van der Waals surface area contributed by atoms with Gasteiger partial charge in [-0.2, -0.15) is 0 Å². The van der Waals surface area contributed by atoms with E-state index in [9.17, 15) is 0 Å². The van der Waals surface area contributed by atoms with Crippen molar-refractivity contribution in [3.05, 3.63) is 0 Å². The molecule has 1 unspecified atom stereocenters. The summed E-state index contributed by atoms with van der Waals surface area (Å²) >= 11 is 4.38. The van der Waals surface area contributed by atoms with Crippen LogP contribution < -0.4 is 0 Å². The number of halogens is 1. The van der Waals surface area contributed by atoms with Crippen molar-refractivity contribution in [2.75, 3.05) is 5.33 Å². The molecule has 0 heterocycles. The van der Waals surface area contributed by atoms with Gasteiger partial charge in [-0.1, -0.05) is 0 Å². The van der Waals surface area contributed by atoms with Crippen molar-refractivity contribution < 1.29 is 0 Å². The maximum absolute atomic E-state index is 3.36. The summed E-state index contributed by atoms with van der Waals surface area (Å²) in [6.07, 6.45) is 0. The Morgan fingerprint density at radius 2 is 2.20 bits per heavy atom. The fraction of sp³-hybridized carbons (Fsp3) is 1.00. The summed E-state index contributed by atoms with van der Waals surface area (Å²) in [6, 6.07) is 0. The van der Waals surface area contributed by atoms with E-state index >= 15 is 0 Å². The summed E-state index contributed by atoms with van der Waals surface area (Å²) in [5.74, 6) is 0. The monoisotopic (exact) mass is 198 g/mol. The average molecular weight is 198 g/mol. The topological polar surface area (TPSA) is 0 Å². The second-order valence-electron chi connectivity index (χ2n) is 1.55. The molecule has 0 fully saturated rings. The van der Waals surface area contributed by atoms with Crippen LogP contribution in [-0.2, 0) is 0 Å². The van der Waals surface area contributed by atoms with Crippen molar-refractivity contribution in [2.45, 2.75) is 11.7 Å². The Morgan fingerprint density at radius 1 is 2.00 bits per heavy atom. The van der Waals surface area contributed by atoms with Gasteiger partial charge in [0.15, 0.2) is 0 Å². The van der Waals surface area contributed by atoms with Crippen LogP contribution in [0.2, 0.25) is 4.75 Å². The minimum atomic E-state index is 0.988. The first-order valence-electron chi connectivity index (χ1n) is 1.83. The fourth-order valence-electron chi connectivity index (χ4n) is 0. The molecule has 0 aromatic carbocycles. The van der Waals surface area contributed by atoms with Crippen LogP contribution in [0.4, 0.5) is 0 Å². The van der Waals surface area contributed by atoms with Gasteiger partial charge in [0.1, 0.15) is 0 Å². The van der Waals surface area contributed by atoms with Crippen LogP contribution in [-0.4, -0.2) is 21.8 Å². The zero-order valence-electron chi connectivity index (χ0n) is 3.66. The first-order chi connectivity index (χ1) is 2.27. The number of rotatable bonds is 1. The second-order valence-corrected chi connectivity index (χ2v) is 6.33. The van der Waals surface area contributed by atoms with E-state index < -0.39 is 0 Å². The van der Waals surface area contributed by atoms with Gasteiger partial charge >= 0.3 is 49.4 Å². The molecule has 0 nitrogen and oxygen atoms in total. The molecule has 0 aliphatic carbocycles. The Hall–Kier alpha value is 1.02. The van der Waals surface area contributed by atoms with E-state index in [0.717, 1.165) is 21.3 Å². The third-order valence-corrected chi connectivity index (χ3v) is 4.97. The number of hydrogen-bond donors (Lipinski definition) is 0. The zero-order chi connectivity index (χ0) is 4.28. The predicted octanol–water partition coefficient (Wildman–Crippen LogP) is 0.555. The van der Waals surface area contributed by atoms with Crippen LogP contribution >= 0.6 is 15.9 Å². The summed E-state index contributed by atoms with van der Waals surface area (Å²) in [6.45, 7) is 2.26. The predicted molar refractivity (Wildman–Crippen MR) is 33.2 cm³/mol. The molecule has 1 atom stereocenters. The van der Waals surface area contributed by atoms with E-state index in [-0.39, 0.29) is 0 Å². The Balaban J connectivity index is 2.54. The normalized spacial score (nSPS) is 15.6. The summed E-state index contributed by atoms with van der Waals surface area (Å²) in [4.78, 5) is 0. The molecule has 0 aliphatic heterocycles. The molecule has 32 valence electrons. The van der Waals surface area contributed by atoms with E-state index in [0.29, 0.717) is 0 Å². The fourth-order valence-corrected chi connectivity index (χ4v) is 0. The van der Waals surface area contributed by atoms with Crippen LogP contribution in [0.1, 0.15) is 6.92 Å². The summed E-state index contributed by atoms with van der Waals surface area (Å²) < 4.78 is 0.988. The molecule has 0 aromatic heterocycles. The Morgan fingerprint density at radius 3 is 2.20 bits per heavy atom. The Kier molecular flexibility index (Phi) is 3.88. The van der Waals surface area contributed by atoms with Crippen LogP contribution in [0.5, 0.6) is 0 Å². The molecule has 0 saturated heterocycles. The minimum absolute atomic E-state index is 0.988. The second kappa shape index (κ2) is 3.22. The van der Waals surface area contributed by atoms with Crippen molar-refractivity contribution in [1.82, 2.24) is 0 Å². The molecular weight excluding hydrogens is 189 g/mol. The van der Waals surface area contributed by atoms with Gasteiger partial charge < -0.3 is 0 Å². The number of hydrogen-bond acceptors (Lipinski definition) is 0. The zero-order valence-corrected chi connectivity index (χ0v) is 9.44. The number of alkyl halides is 1. The average Bonchev–Trinajstić information content (AvgIpc) is 1.38. The summed E-state index contributed by atoms with van der Waals surface area (Å²) in [5.41, 5.74) is 0. The summed E-state index contributed by atoms with van der Waals surface area (Å²) in [7, 11) is 0. The maximum atomic E-state index is 3.36. The third-order valence-electron chi connectivity index (χ3n) is 0.309. The quantitative estimate of drug-likeness (QED) is 0.426. The molecule has 2 heteroatoms. The molecule has 0 saturated carbocycles. The van der Waals surface area contributed by atoms with Crippen molar-refractivity contribution in [3.63, 3.8) is 0 Å². The first-order valence-corrected chi connectivity index (χ1v) is 5.37. The standard InChI is InChI=1S/C3H9BrGe/c1-3(5)2-4/h3H,2H2,1,5H3. The SMILES string of the molecule is C[CH]([GeH3])CBr. The van der Waals surface area contributed by atoms with Gasteiger partial charge in [0, 0.05) is 0 Å². The van der Waals surface area contributed by atoms with E-state index in [4.69, 9.17) is 0 Å². The third kappa shape index (κ3) is 5.02. The molecule has 0 bridgehead atoms. The van der Waals surface area contributed by atoms with Gasteiger partial charge in [0.05, 0.1) is 0 Å². The van der Waals surface area contributed by atoms with Crippen molar-refractivity contribution >= 4 is 32.4 Å². The molecule has 0 spiro atoms. The van der Waals surface area contributed by atoms with Gasteiger partial charge in [0.25, 0.3) is 0 Å². The van der Waals surface area contributed by atoms with E-state index in [1.54, 1.807) is 0 Å². The Bertz CT molecular complexity index is 20.9. The molecule has 0 aromatic rings. The van der Waals surface area contributed by atoms with Gasteiger partial charge in [-0.05, 0) is 0 Å². The van der Waals surface area contributed by atoms with Crippen molar-refractivity contribution in [3.8, 4) is 0 Å². The Labute approximate surface area is 49.7 Å². The van der Waals surface area contributed by atoms with Gasteiger partial charge in [-0.15, -0.1) is 0 Å². The van der Waals surface area contributed by atoms with Crippen molar-refractivity contribution in [2.24, 2.45) is 0 Å². The van der Waals surface area contributed by atoms with Gasteiger partial charge in [0.2, 0.25) is 0 Å². The van der Waals surface area contributed by atoms with Crippen LogP contribution in [0.25, 0.3) is 0 Å². The molecule has 0 rings (SSSR count). The molecule has 0 N–H and O–H groups in total. The molecular formula is C3H9BrGe. The first kappa shape index (κ1) is 6.02. The molecule has 5 heavy (non-hydrogen) atoms. The van der Waals surface area contributed by atoms with Gasteiger partial charge in [-0.25, -0.2) is 0 Å². The van der Waals surface area contributed by atoms with E-state index in [2.05, 4.69) is 22.9 Å². The molecule has 0 aliphatic rings. The van der Waals surface area contributed by atoms with Crippen LogP contribution in [0, 0.1) is 0 Å². The van der Waals surface area contributed by atoms with Crippen molar-refractivity contribution in [1.29, 1.82) is 0 Å². The van der Waals surface area contributed by atoms with Crippen LogP contribution in [0.15, 0.2) is 0 Å².